The molecule has 1 atom stereocenters. The lowest BCUT2D eigenvalue weighted by molar-refractivity contribution is -0.385. The van der Waals surface area contributed by atoms with Crippen molar-refractivity contribution in [3.8, 4) is 0 Å². The summed E-state index contributed by atoms with van der Waals surface area (Å²) in [5.74, 6) is -1.06. The summed E-state index contributed by atoms with van der Waals surface area (Å²) < 4.78 is 0. The van der Waals surface area contributed by atoms with Crippen LogP contribution in [0.5, 0.6) is 0 Å². The minimum atomic E-state index is -0.809. The van der Waals surface area contributed by atoms with E-state index in [-0.39, 0.29) is 22.7 Å². The van der Waals surface area contributed by atoms with Gasteiger partial charge < -0.3 is 4.90 Å². The SMILES string of the molecule is Cc1ccc(N2C3=C(C(=O)CC(C)(C)C3)C(c3ccccc3[N+](=O)[O-])C3=C2c2ccccc2C3=O)cc1. The Bertz CT molecular complexity index is 1580. The van der Waals surface area contributed by atoms with Gasteiger partial charge in [-0.3, -0.25) is 19.7 Å². The minimum absolute atomic E-state index is 0.0678. The summed E-state index contributed by atoms with van der Waals surface area (Å²) >= 11 is 0. The number of aryl methyl sites for hydroxylation is 1. The summed E-state index contributed by atoms with van der Waals surface area (Å²) in [5.41, 5.74) is 5.76. The lowest BCUT2D eigenvalue weighted by Gasteiger charge is -2.44. The van der Waals surface area contributed by atoms with Gasteiger partial charge in [0.2, 0.25) is 0 Å². The highest BCUT2D eigenvalue weighted by molar-refractivity contribution is 6.26. The molecule has 6 rings (SSSR count). The van der Waals surface area contributed by atoms with Crippen LogP contribution in [-0.4, -0.2) is 16.5 Å². The quantitative estimate of drug-likeness (QED) is 0.299. The number of benzene rings is 3. The zero-order valence-corrected chi connectivity index (χ0v) is 20.9. The topological polar surface area (TPSA) is 80.5 Å². The highest BCUT2D eigenvalue weighted by atomic mass is 16.6. The molecule has 0 radical (unpaired) electrons. The number of carbonyl (C=O) groups excluding carboxylic acids is 2. The molecule has 37 heavy (non-hydrogen) atoms. The summed E-state index contributed by atoms with van der Waals surface area (Å²) in [4.78, 5) is 41.7. The molecule has 0 spiro atoms. The van der Waals surface area contributed by atoms with Crippen LogP contribution in [0.25, 0.3) is 5.70 Å². The highest BCUT2D eigenvalue weighted by Crippen LogP contribution is 2.57. The molecule has 3 aromatic rings. The third kappa shape index (κ3) is 3.47. The van der Waals surface area contributed by atoms with E-state index >= 15 is 0 Å². The van der Waals surface area contributed by atoms with Crippen molar-refractivity contribution in [1.29, 1.82) is 0 Å². The van der Waals surface area contributed by atoms with Crippen LogP contribution >= 0.6 is 0 Å². The zero-order chi connectivity index (χ0) is 26.1. The molecule has 1 aliphatic heterocycles. The Morgan fingerprint density at radius 1 is 0.865 bits per heavy atom. The van der Waals surface area contributed by atoms with E-state index in [0.717, 1.165) is 28.2 Å². The predicted octanol–water partition coefficient (Wildman–Crippen LogP) is 6.76. The fraction of sp³-hybridized carbons (Fsp3) is 0.226. The fourth-order valence-electron chi connectivity index (χ4n) is 6.09. The average Bonchev–Trinajstić information content (AvgIpc) is 3.15. The number of fused-ring (bicyclic) bond motifs is 2. The van der Waals surface area contributed by atoms with Crippen molar-refractivity contribution in [1.82, 2.24) is 0 Å². The molecule has 6 heteroatoms. The molecule has 3 aliphatic rings. The fourth-order valence-corrected chi connectivity index (χ4v) is 6.09. The summed E-state index contributed by atoms with van der Waals surface area (Å²) in [7, 11) is 0. The number of hydrogen-bond donors (Lipinski definition) is 0. The second kappa shape index (κ2) is 8.10. The third-order valence-corrected chi connectivity index (χ3v) is 7.63. The lowest BCUT2D eigenvalue weighted by Crippen LogP contribution is -2.39. The number of nitro groups is 1. The maximum Gasteiger partial charge on any atom is 0.273 e. The summed E-state index contributed by atoms with van der Waals surface area (Å²) in [6.45, 7) is 6.15. The van der Waals surface area contributed by atoms with E-state index in [2.05, 4.69) is 18.7 Å². The number of nitro benzene ring substituents is 1. The average molecular weight is 491 g/mol. The largest absolute Gasteiger partial charge is 0.313 e. The van der Waals surface area contributed by atoms with Crippen molar-refractivity contribution in [3.05, 3.63) is 122 Å². The molecule has 1 unspecified atom stereocenters. The molecule has 0 fully saturated rings. The first-order valence-electron chi connectivity index (χ1n) is 12.4. The molecule has 3 aromatic carbocycles. The van der Waals surface area contributed by atoms with Crippen LogP contribution in [-0.2, 0) is 4.79 Å². The van der Waals surface area contributed by atoms with Gasteiger partial charge >= 0.3 is 0 Å². The standard InChI is InChI=1S/C31H26N2O4/c1-18-12-14-19(15-13-18)32-24-16-31(2,3)17-25(34)27(24)26(22-10-6-7-11-23(22)33(36)37)28-29(32)20-8-4-5-9-21(20)30(28)35/h4-15,26H,16-17H2,1-3H3. The van der Waals surface area contributed by atoms with E-state index in [0.29, 0.717) is 35.1 Å². The number of hydrogen-bond acceptors (Lipinski definition) is 5. The molecule has 6 nitrogen and oxygen atoms in total. The first kappa shape index (κ1) is 23.1. The Morgan fingerprint density at radius 3 is 2.22 bits per heavy atom. The van der Waals surface area contributed by atoms with Gasteiger partial charge in [0, 0.05) is 51.7 Å². The van der Waals surface area contributed by atoms with E-state index < -0.39 is 10.8 Å². The predicted molar refractivity (Wildman–Crippen MR) is 142 cm³/mol. The van der Waals surface area contributed by atoms with E-state index in [1.165, 1.54) is 6.07 Å². The van der Waals surface area contributed by atoms with Crippen LogP contribution in [0, 0.1) is 22.5 Å². The van der Waals surface area contributed by atoms with Crippen molar-refractivity contribution in [3.63, 3.8) is 0 Å². The molecule has 2 aliphatic carbocycles. The number of Topliss-reactive ketones (excluding diaryl/α,β-unsaturated/α-hetero) is 2. The summed E-state index contributed by atoms with van der Waals surface area (Å²) in [6.07, 6.45) is 0.917. The first-order valence-corrected chi connectivity index (χ1v) is 12.4. The van der Waals surface area contributed by atoms with Gasteiger partial charge in [-0.1, -0.05) is 74.0 Å². The van der Waals surface area contributed by atoms with Crippen molar-refractivity contribution in [2.75, 3.05) is 4.90 Å². The maximum absolute atomic E-state index is 14.0. The molecule has 1 heterocycles. The van der Waals surface area contributed by atoms with Gasteiger partial charge in [-0.05, 0) is 30.9 Å². The number of anilines is 1. The molecule has 0 saturated heterocycles. The molecular formula is C31H26N2O4. The Hall–Kier alpha value is -4.32. The number of rotatable bonds is 3. The van der Waals surface area contributed by atoms with Gasteiger partial charge in [0.15, 0.2) is 11.6 Å². The lowest BCUT2D eigenvalue weighted by atomic mass is 9.67. The Balaban J connectivity index is 1.73. The molecule has 0 saturated carbocycles. The van der Waals surface area contributed by atoms with Crippen molar-refractivity contribution < 1.29 is 14.5 Å². The second-order valence-electron chi connectivity index (χ2n) is 10.9. The number of ketones is 2. The van der Waals surface area contributed by atoms with Crippen LogP contribution in [0.15, 0.2) is 89.6 Å². The smallest absolute Gasteiger partial charge is 0.273 e. The Morgan fingerprint density at radius 2 is 1.51 bits per heavy atom. The molecular weight excluding hydrogens is 464 g/mol. The van der Waals surface area contributed by atoms with Gasteiger partial charge in [0.1, 0.15) is 0 Å². The molecule has 0 N–H and O–H groups in total. The van der Waals surface area contributed by atoms with E-state index in [4.69, 9.17) is 0 Å². The van der Waals surface area contributed by atoms with Crippen LogP contribution in [0.4, 0.5) is 11.4 Å². The van der Waals surface area contributed by atoms with E-state index in [1.807, 2.05) is 49.4 Å². The summed E-state index contributed by atoms with van der Waals surface area (Å²) in [5, 5.41) is 12.1. The van der Waals surface area contributed by atoms with Gasteiger partial charge in [0.05, 0.1) is 16.5 Å². The minimum Gasteiger partial charge on any atom is -0.313 e. The van der Waals surface area contributed by atoms with Gasteiger partial charge in [0.25, 0.3) is 5.69 Å². The zero-order valence-electron chi connectivity index (χ0n) is 20.9. The number of allylic oxidation sites excluding steroid dienone is 3. The Kier molecular flexibility index (Phi) is 5.06. The number of carbonyl (C=O) groups is 2. The summed E-state index contributed by atoms with van der Waals surface area (Å²) in [6, 6.07) is 22.0. The molecule has 0 aromatic heterocycles. The van der Waals surface area contributed by atoms with Crippen molar-refractivity contribution in [2.45, 2.75) is 39.5 Å². The normalized spacial score (nSPS) is 20.1. The van der Waals surface area contributed by atoms with Crippen molar-refractivity contribution in [2.24, 2.45) is 5.41 Å². The molecule has 0 amide bonds. The van der Waals surface area contributed by atoms with Crippen molar-refractivity contribution >= 4 is 28.6 Å². The maximum atomic E-state index is 14.0. The molecule has 184 valence electrons. The van der Waals surface area contributed by atoms with Gasteiger partial charge in [-0.25, -0.2) is 0 Å². The first-order chi connectivity index (χ1) is 17.7. The monoisotopic (exact) mass is 490 g/mol. The molecule has 0 bridgehead atoms. The third-order valence-electron chi connectivity index (χ3n) is 7.63. The van der Waals surface area contributed by atoms with E-state index in [1.54, 1.807) is 24.3 Å². The van der Waals surface area contributed by atoms with Gasteiger partial charge in [-0.2, -0.15) is 0 Å². The van der Waals surface area contributed by atoms with Crippen LogP contribution in [0.2, 0.25) is 0 Å². The highest BCUT2D eigenvalue weighted by Gasteiger charge is 2.50. The van der Waals surface area contributed by atoms with Crippen LogP contribution in [0.1, 0.15) is 59.7 Å². The second-order valence-corrected chi connectivity index (χ2v) is 10.9. The van der Waals surface area contributed by atoms with Gasteiger partial charge in [-0.15, -0.1) is 0 Å². The number of nitrogens with zero attached hydrogens (tertiary/aromatic N) is 2. The van der Waals surface area contributed by atoms with Crippen LogP contribution < -0.4 is 4.90 Å². The van der Waals surface area contributed by atoms with E-state index in [9.17, 15) is 19.7 Å². The van der Waals surface area contributed by atoms with Crippen LogP contribution in [0.3, 0.4) is 0 Å². The number of para-hydroxylation sites is 1. The Labute approximate surface area is 215 Å².